The Balaban J connectivity index is 0.00000192. The first-order valence-corrected chi connectivity index (χ1v) is 7.52. The molecule has 0 saturated heterocycles. The number of amides is 1. The van der Waals surface area contributed by atoms with Crippen LogP contribution in [0.3, 0.4) is 0 Å². The number of benzene rings is 1. The first-order valence-electron chi connectivity index (χ1n) is 7.52. The molecule has 5 nitrogen and oxygen atoms in total. The fourth-order valence-corrected chi connectivity index (χ4v) is 2.58. The number of halogens is 1. The van der Waals surface area contributed by atoms with Crippen LogP contribution in [-0.2, 0) is 0 Å². The Hall–Kier alpha value is -2.11. The first kappa shape index (κ1) is 17.2. The number of para-hydroxylation sites is 1. The molecule has 3 rings (SSSR count). The van der Waals surface area contributed by atoms with Crippen molar-refractivity contribution in [2.24, 2.45) is 0 Å². The topological polar surface area (TPSA) is 59.0 Å². The van der Waals surface area contributed by atoms with Gasteiger partial charge in [-0.25, -0.2) is 4.68 Å². The van der Waals surface area contributed by atoms with Crippen LogP contribution in [0, 0.1) is 6.92 Å². The lowest BCUT2D eigenvalue weighted by Crippen LogP contribution is -2.29. The Morgan fingerprint density at radius 1 is 1.35 bits per heavy atom. The monoisotopic (exact) mass is 332 g/mol. The molecule has 1 amide bonds. The molecule has 2 heterocycles. The SMILES string of the molecule is Cc1c(C(=O)NCC2=CCNCC2)cnn1-c1ccccc1.Cl. The van der Waals surface area contributed by atoms with Gasteiger partial charge in [0.1, 0.15) is 0 Å². The van der Waals surface area contributed by atoms with Crippen molar-refractivity contribution in [1.82, 2.24) is 20.4 Å². The summed E-state index contributed by atoms with van der Waals surface area (Å²) < 4.78 is 1.79. The highest BCUT2D eigenvalue weighted by Crippen LogP contribution is 2.14. The van der Waals surface area contributed by atoms with E-state index in [2.05, 4.69) is 21.8 Å². The predicted molar refractivity (Wildman–Crippen MR) is 93.5 cm³/mol. The summed E-state index contributed by atoms with van der Waals surface area (Å²) in [7, 11) is 0. The van der Waals surface area contributed by atoms with Gasteiger partial charge in [-0.05, 0) is 32.0 Å². The van der Waals surface area contributed by atoms with Gasteiger partial charge in [0, 0.05) is 13.1 Å². The Morgan fingerprint density at radius 3 is 2.83 bits per heavy atom. The van der Waals surface area contributed by atoms with Gasteiger partial charge in [-0.15, -0.1) is 12.4 Å². The fourth-order valence-electron chi connectivity index (χ4n) is 2.58. The Morgan fingerprint density at radius 2 is 2.13 bits per heavy atom. The largest absolute Gasteiger partial charge is 0.348 e. The molecule has 0 aliphatic carbocycles. The number of hydrogen-bond acceptors (Lipinski definition) is 3. The zero-order valence-electron chi connectivity index (χ0n) is 13.1. The van der Waals surface area contributed by atoms with E-state index in [1.165, 1.54) is 5.57 Å². The summed E-state index contributed by atoms with van der Waals surface area (Å²) in [5, 5.41) is 10.6. The van der Waals surface area contributed by atoms with Gasteiger partial charge < -0.3 is 10.6 Å². The van der Waals surface area contributed by atoms with E-state index in [1.54, 1.807) is 10.9 Å². The number of nitrogens with zero attached hydrogens (tertiary/aromatic N) is 2. The zero-order chi connectivity index (χ0) is 15.4. The molecule has 0 radical (unpaired) electrons. The summed E-state index contributed by atoms with van der Waals surface area (Å²) in [5.41, 5.74) is 3.71. The standard InChI is InChI=1S/C17H20N4O.ClH/c1-13-16(12-20-21(13)15-5-3-2-4-6-15)17(22)19-11-14-7-9-18-10-8-14;/h2-7,12,18H,8-11H2,1H3,(H,19,22);1H. The third-order valence-electron chi connectivity index (χ3n) is 3.89. The van der Waals surface area contributed by atoms with E-state index in [9.17, 15) is 4.79 Å². The number of carbonyl (C=O) groups is 1. The maximum absolute atomic E-state index is 12.3. The third-order valence-corrected chi connectivity index (χ3v) is 3.89. The van der Waals surface area contributed by atoms with E-state index in [0.717, 1.165) is 30.9 Å². The van der Waals surface area contributed by atoms with Crippen molar-refractivity contribution in [3.8, 4) is 5.69 Å². The van der Waals surface area contributed by atoms with Crippen LogP contribution in [0.1, 0.15) is 22.5 Å². The second-order valence-electron chi connectivity index (χ2n) is 5.39. The van der Waals surface area contributed by atoms with Crippen molar-refractivity contribution in [3.05, 3.63) is 59.4 Å². The van der Waals surface area contributed by atoms with Crippen LogP contribution in [0.5, 0.6) is 0 Å². The molecule has 0 bridgehead atoms. The Kier molecular flexibility index (Phi) is 5.96. The van der Waals surface area contributed by atoms with Crippen LogP contribution in [0.25, 0.3) is 5.69 Å². The molecule has 6 heteroatoms. The highest BCUT2D eigenvalue weighted by Gasteiger charge is 2.15. The van der Waals surface area contributed by atoms with Crippen LogP contribution in [-0.4, -0.2) is 35.3 Å². The maximum atomic E-state index is 12.3. The molecule has 0 unspecified atom stereocenters. The molecule has 122 valence electrons. The second-order valence-corrected chi connectivity index (χ2v) is 5.39. The first-order chi connectivity index (χ1) is 10.8. The van der Waals surface area contributed by atoms with Crippen molar-refractivity contribution in [3.63, 3.8) is 0 Å². The predicted octanol–water partition coefficient (Wildman–Crippen LogP) is 2.25. The summed E-state index contributed by atoms with van der Waals surface area (Å²) in [6.45, 7) is 4.39. The molecule has 1 aliphatic rings. The van der Waals surface area contributed by atoms with E-state index in [1.807, 2.05) is 37.3 Å². The van der Waals surface area contributed by atoms with Gasteiger partial charge in [0.25, 0.3) is 5.91 Å². The number of carbonyl (C=O) groups excluding carboxylic acids is 1. The van der Waals surface area contributed by atoms with Crippen molar-refractivity contribution >= 4 is 18.3 Å². The maximum Gasteiger partial charge on any atom is 0.255 e. The minimum atomic E-state index is -0.0703. The molecule has 1 aromatic heterocycles. The fraction of sp³-hybridized carbons (Fsp3) is 0.294. The highest BCUT2D eigenvalue weighted by atomic mass is 35.5. The van der Waals surface area contributed by atoms with Gasteiger partial charge in [-0.1, -0.05) is 29.8 Å². The van der Waals surface area contributed by atoms with Gasteiger partial charge in [0.05, 0.1) is 23.1 Å². The summed E-state index contributed by atoms with van der Waals surface area (Å²) in [4.78, 5) is 12.3. The van der Waals surface area contributed by atoms with Gasteiger partial charge in [0.15, 0.2) is 0 Å². The van der Waals surface area contributed by atoms with E-state index in [-0.39, 0.29) is 18.3 Å². The second kappa shape index (κ2) is 7.94. The molecule has 1 aliphatic heterocycles. The highest BCUT2D eigenvalue weighted by molar-refractivity contribution is 5.95. The molecule has 0 spiro atoms. The average Bonchev–Trinajstić information content (AvgIpc) is 2.96. The Labute approximate surface area is 142 Å². The van der Waals surface area contributed by atoms with Crippen LogP contribution in [0.2, 0.25) is 0 Å². The number of nitrogens with one attached hydrogen (secondary N) is 2. The third kappa shape index (κ3) is 4.00. The van der Waals surface area contributed by atoms with Crippen molar-refractivity contribution < 1.29 is 4.79 Å². The van der Waals surface area contributed by atoms with E-state index in [0.29, 0.717) is 12.1 Å². The average molecular weight is 333 g/mol. The summed E-state index contributed by atoms with van der Waals surface area (Å²) in [6, 6.07) is 9.82. The van der Waals surface area contributed by atoms with Crippen LogP contribution >= 0.6 is 12.4 Å². The van der Waals surface area contributed by atoms with E-state index < -0.39 is 0 Å². The van der Waals surface area contributed by atoms with E-state index >= 15 is 0 Å². The number of rotatable bonds is 4. The lowest BCUT2D eigenvalue weighted by atomic mass is 10.1. The number of hydrogen-bond donors (Lipinski definition) is 2. The molecule has 0 atom stereocenters. The quantitative estimate of drug-likeness (QED) is 0.844. The molecule has 2 aromatic rings. The molecule has 2 N–H and O–H groups in total. The lowest BCUT2D eigenvalue weighted by molar-refractivity contribution is 0.0956. The van der Waals surface area contributed by atoms with Crippen molar-refractivity contribution in [1.29, 1.82) is 0 Å². The van der Waals surface area contributed by atoms with Gasteiger partial charge in [-0.2, -0.15) is 5.10 Å². The zero-order valence-corrected chi connectivity index (χ0v) is 13.9. The van der Waals surface area contributed by atoms with Crippen molar-refractivity contribution in [2.75, 3.05) is 19.6 Å². The molecular formula is C17H21ClN4O. The summed E-state index contributed by atoms with van der Waals surface area (Å²) in [6.07, 6.45) is 4.76. The van der Waals surface area contributed by atoms with Crippen molar-refractivity contribution in [2.45, 2.75) is 13.3 Å². The molecule has 23 heavy (non-hydrogen) atoms. The molecule has 0 fully saturated rings. The smallest absolute Gasteiger partial charge is 0.255 e. The molecule has 0 saturated carbocycles. The van der Waals surface area contributed by atoms with Gasteiger partial charge in [-0.3, -0.25) is 4.79 Å². The number of aromatic nitrogens is 2. The minimum Gasteiger partial charge on any atom is -0.348 e. The van der Waals surface area contributed by atoms with Gasteiger partial charge in [0.2, 0.25) is 0 Å². The Bertz CT molecular complexity index is 694. The van der Waals surface area contributed by atoms with Gasteiger partial charge >= 0.3 is 0 Å². The molecule has 1 aromatic carbocycles. The van der Waals surface area contributed by atoms with Crippen LogP contribution in [0.15, 0.2) is 48.2 Å². The minimum absolute atomic E-state index is 0. The summed E-state index contributed by atoms with van der Waals surface area (Å²) in [5.74, 6) is -0.0703. The van der Waals surface area contributed by atoms with Crippen LogP contribution in [0.4, 0.5) is 0 Å². The lowest BCUT2D eigenvalue weighted by Gasteiger charge is -2.14. The van der Waals surface area contributed by atoms with Crippen LogP contribution < -0.4 is 10.6 Å². The normalized spacial score (nSPS) is 13.9. The summed E-state index contributed by atoms with van der Waals surface area (Å²) >= 11 is 0. The van der Waals surface area contributed by atoms with E-state index in [4.69, 9.17) is 0 Å². The molecular weight excluding hydrogens is 312 g/mol.